The van der Waals surface area contributed by atoms with Crippen molar-refractivity contribution in [2.24, 2.45) is 0 Å². The molecule has 0 fully saturated rings. The van der Waals surface area contributed by atoms with Crippen LogP contribution in [0.4, 0.5) is 65.9 Å². The highest BCUT2D eigenvalue weighted by molar-refractivity contribution is 7.87. The van der Waals surface area contributed by atoms with Gasteiger partial charge in [0.25, 0.3) is 30.4 Å². The fraction of sp³-hybridized carbons (Fsp3) is 1.00. The molecule has 0 aliphatic heterocycles. The third kappa shape index (κ3) is 11.5. The van der Waals surface area contributed by atoms with Gasteiger partial charge in [-0.05, 0) is 6.92 Å². The maximum Gasteiger partial charge on any atom is 0.454 e. The van der Waals surface area contributed by atoms with Crippen molar-refractivity contribution >= 4 is 30.4 Å². The van der Waals surface area contributed by atoms with E-state index in [1.807, 2.05) is 0 Å². The van der Waals surface area contributed by atoms with E-state index in [0.717, 1.165) is 0 Å². The summed E-state index contributed by atoms with van der Waals surface area (Å²) in [5.41, 5.74) is 0. The molecule has 0 aromatic carbocycles. The van der Waals surface area contributed by atoms with E-state index in [1.54, 1.807) is 0 Å². The normalized spacial score (nSPS) is 17.1. The van der Waals surface area contributed by atoms with Gasteiger partial charge in [-0.3, -0.25) is 12.5 Å². The van der Waals surface area contributed by atoms with Crippen molar-refractivity contribution in [3.63, 3.8) is 0 Å². The molecule has 0 saturated carbocycles. The van der Waals surface area contributed by atoms with Crippen LogP contribution in [0.1, 0.15) is 6.92 Å². The first-order valence-corrected chi connectivity index (χ1v) is 13.8. The predicted molar refractivity (Wildman–Crippen MR) is 95.7 cm³/mol. The van der Waals surface area contributed by atoms with Crippen molar-refractivity contribution in [2.75, 3.05) is 23.9 Å². The van der Waals surface area contributed by atoms with Crippen LogP contribution in [0.15, 0.2) is 0 Å². The molecule has 27 heteroatoms. The molecule has 0 aromatic rings. The molecule has 242 valence electrons. The van der Waals surface area contributed by atoms with E-state index < -0.39 is 103 Å². The maximum atomic E-state index is 13.1. The van der Waals surface area contributed by atoms with Gasteiger partial charge in [0.15, 0.2) is 0 Å². The van der Waals surface area contributed by atoms with Crippen LogP contribution in [-0.2, 0) is 42.9 Å². The van der Waals surface area contributed by atoms with Crippen molar-refractivity contribution in [3.8, 4) is 0 Å². The Balaban J connectivity index is 6.21. The lowest BCUT2D eigenvalue weighted by Crippen LogP contribution is -2.47. The second-order valence-corrected chi connectivity index (χ2v) is 12.3. The zero-order chi connectivity index (χ0) is 32.6. The summed E-state index contributed by atoms with van der Waals surface area (Å²) in [7, 11) is -18.8. The maximum absolute atomic E-state index is 13.1. The molecule has 0 aliphatic carbocycles. The zero-order valence-corrected chi connectivity index (χ0v) is 21.0. The van der Waals surface area contributed by atoms with Gasteiger partial charge < -0.3 is 0 Å². The van der Waals surface area contributed by atoms with Crippen LogP contribution in [0, 0.1) is 0 Å². The van der Waals surface area contributed by atoms with Gasteiger partial charge in [0.05, 0.1) is 6.61 Å². The Morgan fingerprint density at radius 3 is 1.07 bits per heavy atom. The number of alkyl halides is 15. The highest BCUT2D eigenvalue weighted by atomic mass is 32.2. The van der Waals surface area contributed by atoms with Gasteiger partial charge >= 0.3 is 36.3 Å². The fourth-order valence-corrected chi connectivity index (χ4v) is 5.47. The quantitative estimate of drug-likeness (QED) is 0.199. The lowest BCUT2D eigenvalue weighted by molar-refractivity contribution is -0.272. The molecule has 0 bridgehead atoms. The number of halogens is 15. The number of hydrogen-bond donors (Lipinski definition) is 0. The van der Waals surface area contributed by atoms with Crippen molar-refractivity contribution in [1.82, 2.24) is 0 Å². The summed E-state index contributed by atoms with van der Waals surface area (Å²) in [5.74, 6) is -28.3. The van der Waals surface area contributed by atoms with E-state index >= 15 is 0 Å². The minimum Gasteiger partial charge on any atom is -0.267 e. The largest absolute Gasteiger partial charge is 0.454 e. The van der Waals surface area contributed by atoms with Crippen LogP contribution >= 0.6 is 0 Å². The summed E-state index contributed by atoms with van der Waals surface area (Å²) in [6.07, 6.45) is -26.0. The fourth-order valence-electron chi connectivity index (χ4n) is 1.92. The van der Waals surface area contributed by atoms with E-state index in [2.05, 4.69) is 12.5 Å². The molecule has 0 heterocycles. The Morgan fingerprint density at radius 1 is 0.500 bits per heavy atom. The first kappa shape index (κ1) is 38.7. The van der Waals surface area contributed by atoms with Crippen molar-refractivity contribution < 1.29 is 104 Å². The molecule has 0 amide bonds. The molecule has 2 atom stereocenters. The summed E-state index contributed by atoms with van der Waals surface area (Å²) in [6.45, 7) is -2.29. The topological polar surface area (TPSA) is 130 Å². The molecule has 2 unspecified atom stereocenters. The Morgan fingerprint density at radius 2 is 0.775 bits per heavy atom. The van der Waals surface area contributed by atoms with E-state index in [-0.39, 0.29) is 6.92 Å². The third-order valence-corrected chi connectivity index (χ3v) is 7.60. The van der Waals surface area contributed by atoms with Crippen LogP contribution < -0.4 is 0 Å². The molecule has 9 nitrogen and oxygen atoms in total. The van der Waals surface area contributed by atoms with Gasteiger partial charge in [-0.1, -0.05) is 0 Å². The van der Waals surface area contributed by atoms with E-state index in [9.17, 15) is 91.1 Å². The molecule has 0 radical (unpaired) electrons. The Kier molecular flexibility index (Phi) is 11.4. The Bertz CT molecular complexity index is 1190. The standard InChI is InChI=1S/C13H13F15O9S3/c1-6(36-39(31,32)4-9(16,17)12(23,24)25)7(37-40(33,34)5-10(18,19)13(26,27)28)2-35-38(29,30)3-8(14,15)11(20,21)22/h6-7H,2-5H2,1H3. The molecular weight excluding hydrogens is 681 g/mol. The molecule has 0 spiro atoms. The van der Waals surface area contributed by atoms with Gasteiger partial charge in [0, 0.05) is 0 Å². The first-order valence-electron chi connectivity index (χ1n) is 9.09. The molecule has 0 aromatic heterocycles. The lowest BCUT2D eigenvalue weighted by Gasteiger charge is -2.26. The number of rotatable bonds is 14. The van der Waals surface area contributed by atoms with Gasteiger partial charge in [-0.15, -0.1) is 0 Å². The molecule has 0 saturated heterocycles. The summed E-state index contributed by atoms with van der Waals surface area (Å²) in [4.78, 5) is 0. The van der Waals surface area contributed by atoms with Gasteiger partial charge in [-0.25, -0.2) is 0 Å². The van der Waals surface area contributed by atoms with Crippen LogP contribution in [0.25, 0.3) is 0 Å². The number of hydrogen-bond acceptors (Lipinski definition) is 9. The third-order valence-electron chi connectivity index (χ3n) is 3.82. The van der Waals surface area contributed by atoms with E-state index in [0.29, 0.717) is 0 Å². The summed E-state index contributed by atoms with van der Waals surface area (Å²) >= 11 is 0. The lowest BCUT2D eigenvalue weighted by atomic mass is 10.2. The second-order valence-electron chi connectivity index (χ2n) is 7.43. The summed E-state index contributed by atoms with van der Waals surface area (Å²) in [5, 5.41) is 0. The van der Waals surface area contributed by atoms with Crippen LogP contribution in [0.3, 0.4) is 0 Å². The molecular formula is C13H13F15O9S3. The second kappa shape index (κ2) is 11.8. The van der Waals surface area contributed by atoms with Gasteiger partial charge in [0.2, 0.25) is 0 Å². The predicted octanol–water partition coefficient (Wildman–Crippen LogP) is 3.38. The average Bonchev–Trinajstić information content (AvgIpc) is 2.58. The Hall–Kier alpha value is -1.32. The van der Waals surface area contributed by atoms with Crippen LogP contribution in [0.5, 0.6) is 0 Å². The molecule has 0 aliphatic rings. The van der Waals surface area contributed by atoms with E-state index in [1.165, 1.54) is 0 Å². The Labute approximate surface area is 213 Å². The molecule has 0 rings (SSSR count). The van der Waals surface area contributed by atoms with Crippen molar-refractivity contribution in [1.29, 1.82) is 0 Å². The monoisotopic (exact) mass is 694 g/mol. The zero-order valence-electron chi connectivity index (χ0n) is 18.6. The average molecular weight is 694 g/mol. The van der Waals surface area contributed by atoms with Gasteiger partial charge in [0.1, 0.15) is 29.5 Å². The molecule has 0 N–H and O–H groups in total. The van der Waals surface area contributed by atoms with Crippen molar-refractivity contribution in [3.05, 3.63) is 0 Å². The highest BCUT2D eigenvalue weighted by Crippen LogP contribution is 2.39. The van der Waals surface area contributed by atoms with E-state index in [4.69, 9.17) is 0 Å². The van der Waals surface area contributed by atoms with Gasteiger partial charge in [-0.2, -0.15) is 91.1 Å². The van der Waals surface area contributed by atoms with Crippen molar-refractivity contribution in [2.45, 2.75) is 55.4 Å². The SMILES string of the molecule is CC(OS(=O)(=O)CC(F)(F)C(F)(F)F)C(COS(=O)(=O)CC(F)(F)C(F)(F)F)OS(=O)(=O)CC(F)(F)C(F)(F)F. The summed E-state index contributed by atoms with van der Waals surface area (Å²) < 4.78 is 269. The smallest absolute Gasteiger partial charge is 0.267 e. The minimum atomic E-state index is -6.61. The first-order chi connectivity index (χ1) is 17.1. The summed E-state index contributed by atoms with van der Waals surface area (Å²) in [6, 6.07) is 0. The van der Waals surface area contributed by atoms with Crippen LogP contribution in [0.2, 0.25) is 0 Å². The molecule has 40 heavy (non-hydrogen) atoms. The highest BCUT2D eigenvalue weighted by Gasteiger charge is 2.62. The minimum absolute atomic E-state index is 0.0751. The van der Waals surface area contributed by atoms with Crippen LogP contribution in [-0.4, -0.2) is 97.6 Å².